The molecule has 0 amide bonds. The van der Waals surface area contributed by atoms with Gasteiger partial charge in [0.25, 0.3) is 5.56 Å². The van der Waals surface area contributed by atoms with Crippen LogP contribution in [-0.4, -0.2) is 35.1 Å². The summed E-state index contributed by atoms with van der Waals surface area (Å²) in [5.74, 6) is -0.638. The molecule has 0 fully saturated rings. The Morgan fingerprint density at radius 3 is 2.43 bits per heavy atom. The van der Waals surface area contributed by atoms with Gasteiger partial charge in [0.05, 0.1) is 16.5 Å². The molecule has 0 saturated heterocycles. The Bertz CT molecular complexity index is 943. The summed E-state index contributed by atoms with van der Waals surface area (Å²) in [5.41, 5.74) is 1.96. The lowest BCUT2D eigenvalue weighted by Crippen LogP contribution is -2.11. The van der Waals surface area contributed by atoms with Crippen molar-refractivity contribution in [2.45, 2.75) is 0 Å². The summed E-state index contributed by atoms with van der Waals surface area (Å²) in [6.45, 7) is 0. The molecule has 3 rings (SSSR count). The topological polar surface area (TPSA) is 86.3 Å². The van der Waals surface area contributed by atoms with Gasteiger partial charge >= 0.3 is 5.97 Å². The minimum absolute atomic E-state index is 0.101. The largest absolute Gasteiger partial charge is 0.478 e. The van der Waals surface area contributed by atoms with Crippen LogP contribution in [0.1, 0.15) is 10.4 Å². The van der Waals surface area contributed by atoms with Crippen LogP contribution in [0.4, 0.5) is 5.69 Å². The van der Waals surface area contributed by atoms with Crippen molar-refractivity contribution in [3.05, 3.63) is 58.4 Å². The molecule has 0 saturated carbocycles. The molecule has 0 spiro atoms. The van der Waals surface area contributed by atoms with E-state index in [1.54, 1.807) is 0 Å². The molecular formula is C17H15N3O3. The molecule has 6 heteroatoms. The second-order valence-electron chi connectivity index (χ2n) is 5.39. The number of anilines is 1. The Morgan fingerprint density at radius 1 is 1.13 bits per heavy atom. The maximum atomic E-state index is 12.2. The molecule has 0 aliphatic heterocycles. The van der Waals surface area contributed by atoms with Crippen LogP contribution in [0.15, 0.2) is 47.3 Å². The van der Waals surface area contributed by atoms with Crippen LogP contribution in [-0.2, 0) is 0 Å². The smallest absolute Gasteiger partial charge is 0.335 e. The van der Waals surface area contributed by atoms with E-state index in [1.807, 2.05) is 43.3 Å². The molecule has 116 valence electrons. The predicted molar refractivity (Wildman–Crippen MR) is 89.1 cm³/mol. The van der Waals surface area contributed by atoms with Gasteiger partial charge in [-0.1, -0.05) is 0 Å². The molecule has 0 bridgehead atoms. The van der Waals surface area contributed by atoms with E-state index < -0.39 is 5.97 Å². The van der Waals surface area contributed by atoms with Gasteiger partial charge < -0.3 is 15.0 Å². The van der Waals surface area contributed by atoms with Crippen LogP contribution in [0.25, 0.3) is 22.3 Å². The average Bonchev–Trinajstić information content (AvgIpc) is 2.54. The Balaban J connectivity index is 2.14. The molecule has 0 radical (unpaired) electrons. The van der Waals surface area contributed by atoms with Crippen molar-refractivity contribution in [1.29, 1.82) is 0 Å². The molecular weight excluding hydrogens is 294 g/mol. The zero-order valence-corrected chi connectivity index (χ0v) is 12.7. The van der Waals surface area contributed by atoms with E-state index in [9.17, 15) is 9.59 Å². The van der Waals surface area contributed by atoms with Crippen LogP contribution in [0, 0.1) is 0 Å². The first-order chi connectivity index (χ1) is 11.0. The van der Waals surface area contributed by atoms with Gasteiger partial charge in [0.15, 0.2) is 0 Å². The number of fused-ring (bicyclic) bond motifs is 1. The molecule has 23 heavy (non-hydrogen) atoms. The van der Waals surface area contributed by atoms with Crippen molar-refractivity contribution in [1.82, 2.24) is 9.97 Å². The zero-order valence-electron chi connectivity index (χ0n) is 12.7. The number of aromatic carboxylic acids is 1. The maximum absolute atomic E-state index is 12.2. The molecule has 0 unspecified atom stereocenters. The lowest BCUT2D eigenvalue weighted by molar-refractivity contribution is 0.0697. The van der Waals surface area contributed by atoms with Crippen LogP contribution in [0.2, 0.25) is 0 Å². The third kappa shape index (κ3) is 2.78. The van der Waals surface area contributed by atoms with Gasteiger partial charge in [-0.05, 0) is 42.5 Å². The van der Waals surface area contributed by atoms with Gasteiger partial charge in [0, 0.05) is 25.3 Å². The summed E-state index contributed by atoms with van der Waals surface area (Å²) in [6, 6.07) is 11.8. The molecule has 6 nitrogen and oxygen atoms in total. The van der Waals surface area contributed by atoms with Crippen LogP contribution >= 0.6 is 0 Å². The first-order valence-corrected chi connectivity index (χ1v) is 7.01. The number of aromatic amines is 1. The normalized spacial score (nSPS) is 10.7. The van der Waals surface area contributed by atoms with Crippen molar-refractivity contribution in [2.75, 3.05) is 19.0 Å². The standard InChI is InChI=1S/C17H15N3O3/c1-20(2)12-6-3-10(4-7-12)15-18-14-9-11(17(22)23)5-8-13(14)16(21)19-15/h3-9H,1-2H3,(H,22,23)(H,18,19,21). The Labute approximate surface area is 132 Å². The minimum Gasteiger partial charge on any atom is -0.478 e. The lowest BCUT2D eigenvalue weighted by Gasteiger charge is -2.12. The Hall–Kier alpha value is -3.15. The molecule has 1 heterocycles. The summed E-state index contributed by atoms with van der Waals surface area (Å²) in [6.07, 6.45) is 0. The van der Waals surface area contributed by atoms with E-state index in [0.717, 1.165) is 11.3 Å². The van der Waals surface area contributed by atoms with Gasteiger partial charge in [-0.15, -0.1) is 0 Å². The third-order valence-electron chi connectivity index (χ3n) is 3.61. The van der Waals surface area contributed by atoms with E-state index in [2.05, 4.69) is 9.97 Å². The van der Waals surface area contributed by atoms with Crippen molar-refractivity contribution in [3.63, 3.8) is 0 Å². The number of carboxylic acids is 1. The fourth-order valence-electron chi connectivity index (χ4n) is 2.33. The van der Waals surface area contributed by atoms with E-state index in [4.69, 9.17) is 5.11 Å². The second kappa shape index (κ2) is 5.57. The van der Waals surface area contributed by atoms with Gasteiger partial charge in [-0.2, -0.15) is 0 Å². The van der Waals surface area contributed by atoms with E-state index in [-0.39, 0.29) is 11.1 Å². The number of carbonyl (C=O) groups is 1. The lowest BCUT2D eigenvalue weighted by atomic mass is 10.1. The summed E-state index contributed by atoms with van der Waals surface area (Å²) >= 11 is 0. The number of H-pyrrole nitrogens is 1. The number of carboxylic acid groups (broad SMARTS) is 1. The molecule has 0 aliphatic rings. The fourth-order valence-corrected chi connectivity index (χ4v) is 2.33. The first-order valence-electron chi connectivity index (χ1n) is 7.01. The van der Waals surface area contributed by atoms with Gasteiger partial charge in [-0.25, -0.2) is 9.78 Å². The van der Waals surface area contributed by atoms with Crippen LogP contribution in [0.5, 0.6) is 0 Å². The highest BCUT2D eigenvalue weighted by molar-refractivity contribution is 5.93. The summed E-state index contributed by atoms with van der Waals surface area (Å²) in [7, 11) is 3.89. The second-order valence-corrected chi connectivity index (χ2v) is 5.39. The minimum atomic E-state index is -1.05. The molecule has 3 aromatic rings. The number of nitrogens with one attached hydrogen (secondary N) is 1. The number of aromatic nitrogens is 2. The highest BCUT2D eigenvalue weighted by Crippen LogP contribution is 2.20. The summed E-state index contributed by atoms with van der Waals surface area (Å²) in [5, 5.41) is 9.43. The van der Waals surface area contributed by atoms with Gasteiger partial charge in [-0.3, -0.25) is 4.79 Å². The number of hydrogen-bond donors (Lipinski definition) is 2. The number of hydrogen-bond acceptors (Lipinski definition) is 4. The SMILES string of the molecule is CN(C)c1ccc(-c2nc3cc(C(=O)O)ccc3c(=O)[nH]2)cc1. The van der Waals surface area contributed by atoms with E-state index >= 15 is 0 Å². The van der Waals surface area contributed by atoms with E-state index in [0.29, 0.717) is 16.7 Å². The van der Waals surface area contributed by atoms with Crippen molar-refractivity contribution >= 4 is 22.6 Å². The highest BCUT2D eigenvalue weighted by atomic mass is 16.4. The number of rotatable bonds is 3. The van der Waals surface area contributed by atoms with Crippen molar-refractivity contribution in [3.8, 4) is 11.4 Å². The zero-order chi connectivity index (χ0) is 16.6. The molecule has 1 aromatic heterocycles. The molecule has 0 aliphatic carbocycles. The van der Waals surface area contributed by atoms with Gasteiger partial charge in [0.1, 0.15) is 5.82 Å². The fraction of sp³-hybridized carbons (Fsp3) is 0.118. The van der Waals surface area contributed by atoms with Crippen LogP contribution < -0.4 is 10.5 Å². The van der Waals surface area contributed by atoms with Crippen LogP contribution in [0.3, 0.4) is 0 Å². The molecule has 2 N–H and O–H groups in total. The number of benzene rings is 2. The number of nitrogens with zero attached hydrogens (tertiary/aromatic N) is 2. The Kier molecular flexibility index (Phi) is 3.57. The summed E-state index contributed by atoms with van der Waals surface area (Å²) in [4.78, 5) is 32.3. The first kappa shape index (κ1) is 14.8. The monoisotopic (exact) mass is 309 g/mol. The highest BCUT2D eigenvalue weighted by Gasteiger charge is 2.09. The molecule has 2 aromatic carbocycles. The van der Waals surface area contributed by atoms with Gasteiger partial charge in [0.2, 0.25) is 0 Å². The summed E-state index contributed by atoms with van der Waals surface area (Å²) < 4.78 is 0. The average molecular weight is 309 g/mol. The van der Waals surface area contributed by atoms with Crippen molar-refractivity contribution < 1.29 is 9.90 Å². The molecule has 0 atom stereocenters. The maximum Gasteiger partial charge on any atom is 0.335 e. The predicted octanol–water partition coefficient (Wildman–Crippen LogP) is 2.35. The third-order valence-corrected chi connectivity index (χ3v) is 3.61. The van der Waals surface area contributed by atoms with Crippen molar-refractivity contribution in [2.24, 2.45) is 0 Å². The quantitative estimate of drug-likeness (QED) is 0.775. The van der Waals surface area contributed by atoms with E-state index in [1.165, 1.54) is 18.2 Å². The Morgan fingerprint density at radius 2 is 1.83 bits per heavy atom.